The lowest BCUT2D eigenvalue weighted by Crippen LogP contribution is -2.03. The topological polar surface area (TPSA) is 52.3 Å². The van der Waals surface area contributed by atoms with Crippen molar-refractivity contribution in [1.29, 1.82) is 0 Å². The zero-order chi connectivity index (χ0) is 12.4. The maximum atomic E-state index is 10.2. The monoisotopic (exact) mass is 223 g/mol. The number of hydrogen-bond acceptors (Lipinski definition) is 3. The summed E-state index contributed by atoms with van der Waals surface area (Å²) in [6.07, 6.45) is 0.979. The number of hydrogen-bond donors (Lipinski definition) is 1. The molecule has 1 aromatic rings. The zero-order valence-electron chi connectivity index (χ0n) is 10.3. The Balaban J connectivity index is 0.000000281. The van der Waals surface area contributed by atoms with Gasteiger partial charge in [-0.25, -0.2) is 0 Å². The van der Waals surface area contributed by atoms with Gasteiger partial charge >= 0.3 is 0 Å². The van der Waals surface area contributed by atoms with Gasteiger partial charge in [-0.1, -0.05) is 24.6 Å². The van der Waals surface area contributed by atoms with E-state index in [4.69, 9.17) is 10.5 Å². The largest absolute Gasteiger partial charge is 0.399 e. The third-order valence-corrected chi connectivity index (χ3v) is 1.73. The lowest BCUT2D eigenvalue weighted by Gasteiger charge is -1.95. The molecule has 16 heavy (non-hydrogen) atoms. The van der Waals surface area contributed by atoms with Gasteiger partial charge < -0.3 is 10.5 Å². The van der Waals surface area contributed by atoms with Crippen molar-refractivity contribution in [2.24, 2.45) is 0 Å². The van der Waals surface area contributed by atoms with E-state index in [0.717, 1.165) is 12.1 Å². The Bertz CT molecular complexity index is 272. The van der Waals surface area contributed by atoms with Gasteiger partial charge in [0.1, 0.15) is 6.61 Å². The minimum atomic E-state index is 0.0958. The molecule has 1 aromatic carbocycles. The van der Waals surface area contributed by atoms with Crippen LogP contribution in [0.2, 0.25) is 0 Å². The maximum absolute atomic E-state index is 10.2. The average molecular weight is 223 g/mol. The number of nitrogens with two attached hydrogens (primary N) is 1. The second-order valence-corrected chi connectivity index (χ2v) is 3.67. The number of carbonyl (C=O) groups is 1. The summed E-state index contributed by atoms with van der Waals surface area (Å²) in [7, 11) is 0. The predicted octanol–water partition coefficient (Wildman–Crippen LogP) is 2.58. The minimum absolute atomic E-state index is 0.0958. The standard InChI is InChI=1S/C7H9N.C6H12O2/c1-6-2-4-7(8)5-3-6;1-3-4-8-5-6(2)7/h2-5H,8H2,1H3;3-5H2,1-2H3. The van der Waals surface area contributed by atoms with E-state index in [-0.39, 0.29) is 12.4 Å². The van der Waals surface area contributed by atoms with E-state index in [1.54, 1.807) is 0 Å². The molecule has 3 nitrogen and oxygen atoms in total. The first kappa shape index (κ1) is 14.6. The van der Waals surface area contributed by atoms with Gasteiger partial charge in [0, 0.05) is 12.3 Å². The summed E-state index contributed by atoms with van der Waals surface area (Å²) in [5.74, 6) is 0.0958. The molecule has 0 saturated heterocycles. The van der Waals surface area contributed by atoms with Crippen LogP contribution >= 0.6 is 0 Å². The molecule has 0 amide bonds. The Morgan fingerprint density at radius 2 is 1.88 bits per heavy atom. The summed E-state index contributed by atoms with van der Waals surface area (Å²) in [5, 5.41) is 0. The molecule has 0 aliphatic carbocycles. The molecule has 0 fully saturated rings. The molecule has 0 aromatic heterocycles. The third-order valence-electron chi connectivity index (χ3n) is 1.73. The summed E-state index contributed by atoms with van der Waals surface area (Å²) in [5.41, 5.74) is 7.51. The Kier molecular flexibility index (Phi) is 8.17. The highest BCUT2D eigenvalue weighted by Gasteiger charge is 1.88. The zero-order valence-corrected chi connectivity index (χ0v) is 10.3. The van der Waals surface area contributed by atoms with Gasteiger partial charge in [-0.05, 0) is 32.4 Å². The van der Waals surface area contributed by atoms with Crippen molar-refractivity contribution in [3.8, 4) is 0 Å². The highest BCUT2D eigenvalue weighted by atomic mass is 16.5. The van der Waals surface area contributed by atoms with Crippen LogP contribution in [0.4, 0.5) is 5.69 Å². The molecule has 0 unspecified atom stereocenters. The van der Waals surface area contributed by atoms with E-state index < -0.39 is 0 Å². The first-order valence-electron chi connectivity index (χ1n) is 5.45. The predicted molar refractivity (Wildman–Crippen MR) is 67.4 cm³/mol. The third kappa shape index (κ3) is 9.21. The first-order chi connectivity index (χ1) is 7.56. The van der Waals surface area contributed by atoms with Crippen LogP contribution in [-0.2, 0) is 9.53 Å². The fraction of sp³-hybridized carbons (Fsp3) is 0.462. The molecule has 0 aliphatic rings. The number of benzene rings is 1. The van der Waals surface area contributed by atoms with Gasteiger partial charge in [0.25, 0.3) is 0 Å². The fourth-order valence-electron chi connectivity index (χ4n) is 0.927. The maximum Gasteiger partial charge on any atom is 0.155 e. The number of ether oxygens (including phenoxy) is 1. The van der Waals surface area contributed by atoms with Crippen molar-refractivity contribution >= 4 is 11.5 Å². The van der Waals surface area contributed by atoms with Crippen LogP contribution in [0.1, 0.15) is 25.8 Å². The Hall–Kier alpha value is -1.35. The summed E-state index contributed by atoms with van der Waals surface area (Å²) in [6, 6.07) is 7.79. The van der Waals surface area contributed by atoms with Crippen LogP contribution in [0.5, 0.6) is 0 Å². The van der Waals surface area contributed by atoms with Gasteiger partial charge in [0.2, 0.25) is 0 Å². The van der Waals surface area contributed by atoms with Crippen molar-refractivity contribution < 1.29 is 9.53 Å². The van der Waals surface area contributed by atoms with Crippen LogP contribution in [0.15, 0.2) is 24.3 Å². The van der Waals surface area contributed by atoms with Crippen molar-refractivity contribution in [3.05, 3.63) is 29.8 Å². The SMILES string of the molecule is CCCOCC(C)=O.Cc1ccc(N)cc1. The molecular weight excluding hydrogens is 202 g/mol. The highest BCUT2D eigenvalue weighted by molar-refractivity contribution is 5.76. The molecule has 3 heteroatoms. The van der Waals surface area contributed by atoms with Crippen LogP contribution in [0.3, 0.4) is 0 Å². The van der Waals surface area contributed by atoms with Gasteiger partial charge in [0.15, 0.2) is 5.78 Å². The van der Waals surface area contributed by atoms with E-state index in [1.807, 2.05) is 38.1 Å². The molecule has 2 N–H and O–H groups in total. The Labute approximate surface area is 97.6 Å². The number of ketones is 1. The molecular formula is C13H21NO2. The molecule has 1 rings (SSSR count). The number of aryl methyl sites for hydroxylation is 1. The number of nitrogen functional groups attached to an aromatic ring is 1. The molecule has 90 valence electrons. The number of Topliss-reactive ketones (excluding diaryl/α,β-unsaturated/α-hetero) is 1. The number of rotatable bonds is 4. The van der Waals surface area contributed by atoms with Crippen molar-refractivity contribution in [2.45, 2.75) is 27.2 Å². The van der Waals surface area contributed by atoms with E-state index in [0.29, 0.717) is 6.61 Å². The normalized spacial score (nSPS) is 9.19. The van der Waals surface area contributed by atoms with Gasteiger partial charge in [-0.15, -0.1) is 0 Å². The molecule has 0 saturated carbocycles. The highest BCUT2D eigenvalue weighted by Crippen LogP contribution is 2.02. The number of carbonyl (C=O) groups excluding carboxylic acids is 1. The summed E-state index contributed by atoms with van der Waals surface area (Å²) in [6.45, 7) is 6.54. The van der Waals surface area contributed by atoms with E-state index in [2.05, 4.69) is 0 Å². The van der Waals surface area contributed by atoms with Crippen LogP contribution in [0, 0.1) is 6.92 Å². The average Bonchev–Trinajstić information content (AvgIpc) is 2.23. The summed E-state index contributed by atoms with van der Waals surface area (Å²) in [4.78, 5) is 10.2. The summed E-state index contributed by atoms with van der Waals surface area (Å²) < 4.78 is 4.89. The van der Waals surface area contributed by atoms with Crippen LogP contribution in [-0.4, -0.2) is 19.0 Å². The molecule has 0 aliphatic heterocycles. The molecule has 0 radical (unpaired) electrons. The molecule has 0 bridgehead atoms. The second kappa shape index (κ2) is 8.92. The van der Waals surface area contributed by atoms with Gasteiger partial charge in [0.05, 0.1) is 0 Å². The van der Waals surface area contributed by atoms with E-state index >= 15 is 0 Å². The van der Waals surface area contributed by atoms with Crippen molar-refractivity contribution in [1.82, 2.24) is 0 Å². The lowest BCUT2D eigenvalue weighted by atomic mass is 10.2. The minimum Gasteiger partial charge on any atom is -0.399 e. The molecule has 0 atom stereocenters. The smallest absolute Gasteiger partial charge is 0.155 e. The quantitative estimate of drug-likeness (QED) is 0.630. The fourth-order valence-corrected chi connectivity index (χ4v) is 0.927. The van der Waals surface area contributed by atoms with Crippen LogP contribution < -0.4 is 5.73 Å². The van der Waals surface area contributed by atoms with Gasteiger partial charge in [-0.2, -0.15) is 0 Å². The molecule has 0 heterocycles. The Morgan fingerprint density at radius 1 is 1.31 bits per heavy atom. The van der Waals surface area contributed by atoms with Gasteiger partial charge in [-0.3, -0.25) is 4.79 Å². The number of anilines is 1. The lowest BCUT2D eigenvalue weighted by molar-refractivity contribution is -0.121. The van der Waals surface area contributed by atoms with Crippen LogP contribution in [0.25, 0.3) is 0 Å². The Morgan fingerprint density at radius 3 is 2.25 bits per heavy atom. The second-order valence-electron chi connectivity index (χ2n) is 3.67. The van der Waals surface area contributed by atoms with Crippen molar-refractivity contribution in [3.63, 3.8) is 0 Å². The first-order valence-corrected chi connectivity index (χ1v) is 5.45. The molecule has 0 spiro atoms. The van der Waals surface area contributed by atoms with E-state index in [1.165, 1.54) is 12.5 Å². The van der Waals surface area contributed by atoms with Crippen molar-refractivity contribution in [2.75, 3.05) is 18.9 Å². The summed E-state index contributed by atoms with van der Waals surface area (Å²) >= 11 is 0. The van der Waals surface area contributed by atoms with E-state index in [9.17, 15) is 4.79 Å².